The van der Waals surface area contributed by atoms with Crippen molar-refractivity contribution in [1.29, 1.82) is 0 Å². The summed E-state index contributed by atoms with van der Waals surface area (Å²) in [7, 11) is 0. The van der Waals surface area contributed by atoms with E-state index in [1.807, 2.05) is 0 Å². The van der Waals surface area contributed by atoms with Crippen molar-refractivity contribution in [2.24, 2.45) is 5.92 Å². The molecule has 0 amide bonds. The third kappa shape index (κ3) is 3.96. The van der Waals surface area contributed by atoms with Crippen LogP contribution in [0, 0.1) is 5.92 Å². The quantitative estimate of drug-likeness (QED) is 0.777. The van der Waals surface area contributed by atoms with Crippen LogP contribution in [0.1, 0.15) is 71.1 Å². The van der Waals surface area contributed by atoms with Crippen LogP contribution in [0.15, 0.2) is 0 Å². The lowest BCUT2D eigenvalue weighted by Crippen LogP contribution is -2.43. The average molecular weight is 253 g/mol. The predicted octanol–water partition coefficient (Wildman–Crippen LogP) is 3.58. The molecule has 3 atom stereocenters. The van der Waals surface area contributed by atoms with E-state index in [-0.39, 0.29) is 6.10 Å². The van der Waals surface area contributed by atoms with Gasteiger partial charge in [-0.1, -0.05) is 39.0 Å². The van der Waals surface area contributed by atoms with Gasteiger partial charge in [0, 0.05) is 6.04 Å². The molecule has 0 bridgehead atoms. The van der Waals surface area contributed by atoms with Gasteiger partial charge < -0.3 is 5.11 Å². The second-order valence-corrected chi connectivity index (χ2v) is 6.39. The lowest BCUT2D eigenvalue weighted by molar-refractivity contribution is 0.0452. The summed E-state index contributed by atoms with van der Waals surface area (Å²) < 4.78 is 0. The Morgan fingerprint density at radius 1 is 0.944 bits per heavy atom. The molecule has 0 aromatic heterocycles. The maximum Gasteiger partial charge on any atom is 0.0695 e. The monoisotopic (exact) mass is 253 g/mol. The first kappa shape index (κ1) is 14.3. The normalized spacial score (nSPS) is 36.0. The minimum atomic E-state index is -0.0600. The highest BCUT2D eigenvalue weighted by Crippen LogP contribution is 2.27. The van der Waals surface area contributed by atoms with Gasteiger partial charge in [-0.3, -0.25) is 4.90 Å². The van der Waals surface area contributed by atoms with Crippen molar-refractivity contribution in [3.05, 3.63) is 0 Å². The second-order valence-electron chi connectivity index (χ2n) is 6.39. The van der Waals surface area contributed by atoms with Crippen LogP contribution in [0.3, 0.4) is 0 Å². The smallest absolute Gasteiger partial charge is 0.0695 e. The van der Waals surface area contributed by atoms with E-state index >= 15 is 0 Å². The van der Waals surface area contributed by atoms with Crippen molar-refractivity contribution in [3.63, 3.8) is 0 Å². The first-order valence-electron chi connectivity index (χ1n) is 8.23. The Balaban J connectivity index is 1.87. The first-order valence-corrected chi connectivity index (χ1v) is 8.23. The molecule has 0 aromatic carbocycles. The Labute approximate surface area is 113 Å². The van der Waals surface area contributed by atoms with Gasteiger partial charge in [-0.15, -0.1) is 0 Å². The molecule has 1 saturated carbocycles. The van der Waals surface area contributed by atoms with Crippen LogP contribution in [0.25, 0.3) is 0 Å². The van der Waals surface area contributed by atoms with E-state index < -0.39 is 0 Å². The van der Waals surface area contributed by atoms with Crippen molar-refractivity contribution in [2.45, 2.75) is 83.3 Å². The van der Waals surface area contributed by atoms with E-state index in [1.54, 1.807) is 0 Å². The molecule has 2 nitrogen and oxygen atoms in total. The van der Waals surface area contributed by atoms with Gasteiger partial charge in [-0.2, -0.15) is 0 Å². The second kappa shape index (κ2) is 7.49. The van der Waals surface area contributed by atoms with Crippen LogP contribution in [-0.2, 0) is 0 Å². The van der Waals surface area contributed by atoms with Gasteiger partial charge in [0.1, 0.15) is 0 Å². The topological polar surface area (TPSA) is 23.5 Å². The van der Waals surface area contributed by atoms with E-state index in [9.17, 15) is 5.11 Å². The van der Waals surface area contributed by atoms with Gasteiger partial charge in [-0.25, -0.2) is 0 Å². The summed E-state index contributed by atoms with van der Waals surface area (Å²) in [6.45, 7) is 4.76. The maximum absolute atomic E-state index is 10.3. The fourth-order valence-corrected chi connectivity index (χ4v) is 3.91. The molecule has 1 aliphatic carbocycles. The zero-order valence-corrected chi connectivity index (χ0v) is 12.1. The van der Waals surface area contributed by atoms with Crippen LogP contribution >= 0.6 is 0 Å². The summed E-state index contributed by atoms with van der Waals surface area (Å²) in [5.41, 5.74) is 0. The third-order valence-corrected chi connectivity index (χ3v) is 4.99. The van der Waals surface area contributed by atoms with Gasteiger partial charge in [0.15, 0.2) is 0 Å². The number of hydrogen-bond donors (Lipinski definition) is 1. The Morgan fingerprint density at radius 3 is 2.61 bits per heavy atom. The van der Waals surface area contributed by atoms with Gasteiger partial charge >= 0.3 is 0 Å². The third-order valence-electron chi connectivity index (χ3n) is 4.99. The molecule has 2 rings (SSSR count). The van der Waals surface area contributed by atoms with Crippen molar-refractivity contribution in [2.75, 3.05) is 13.1 Å². The van der Waals surface area contributed by atoms with E-state index in [4.69, 9.17) is 0 Å². The Hall–Kier alpha value is -0.0800. The largest absolute Gasteiger partial charge is 0.391 e. The molecular formula is C16H31NO. The van der Waals surface area contributed by atoms with Crippen LogP contribution in [-0.4, -0.2) is 35.2 Å². The molecule has 1 N–H and O–H groups in total. The molecule has 0 radical (unpaired) electrons. The molecule has 2 fully saturated rings. The molecule has 1 aliphatic heterocycles. The molecule has 3 unspecified atom stereocenters. The van der Waals surface area contributed by atoms with Crippen LogP contribution in [0.2, 0.25) is 0 Å². The molecule has 2 aliphatic rings. The van der Waals surface area contributed by atoms with Crippen molar-refractivity contribution < 1.29 is 5.11 Å². The average Bonchev–Trinajstić information content (AvgIpc) is 2.70. The van der Waals surface area contributed by atoms with Crippen molar-refractivity contribution in [3.8, 4) is 0 Å². The van der Waals surface area contributed by atoms with Crippen LogP contribution in [0.4, 0.5) is 0 Å². The van der Waals surface area contributed by atoms with Gasteiger partial charge in [0.2, 0.25) is 0 Å². The molecular weight excluding hydrogens is 222 g/mol. The molecule has 0 aromatic rings. The molecule has 1 saturated heterocycles. The lowest BCUT2D eigenvalue weighted by Gasteiger charge is -2.33. The maximum atomic E-state index is 10.3. The highest BCUT2D eigenvalue weighted by molar-refractivity contribution is 4.83. The Morgan fingerprint density at radius 2 is 1.78 bits per heavy atom. The van der Waals surface area contributed by atoms with E-state index in [0.29, 0.717) is 6.04 Å². The SMILES string of the molecule is CCCC1CCCN(C2CCCCCC2O)CC1. The van der Waals surface area contributed by atoms with Gasteiger partial charge in [-0.05, 0) is 51.1 Å². The molecule has 0 spiro atoms. The van der Waals surface area contributed by atoms with E-state index in [1.165, 1.54) is 70.9 Å². The lowest BCUT2D eigenvalue weighted by atomic mass is 9.96. The minimum Gasteiger partial charge on any atom is -0.391 e. The molecule has 2 heteroatoms. The highest BCUT2D eigenvalue weighted by Gasteiger charge is 2.28. The Bertz CT molecular complexity index is 231. The summed E-state index contributed by atoms with van der Waals surface area (Å²) in [4.78, 5) is 2.62. The predicted molar refractivity (Wildman–Crippen MR) is 76.7 cm³/mol. The van der Waals surface area contributed by atoms with E-state index in [0.717, 1.165) is 12.3 Å². The molecule has 106 valence electrons. The minimum absolute atomic E-state index is 0.0600. The highest BCUT2D eigenvalue weighted by atomic mass is 16.3. The zero-order valence-electron chi connectivity index (χ0n) is 12.1. The van der Waals surface area contributed by atoms with Gasteiger partial charge in [0.05, 0.1) is 6.10 Å². The molecule has 1 heterocycles. The number of likely N-dealkylation sites (tertiary alicyclic amines) is 1. The number of rotatable bonds is 3. The van der Waals surface area contributed by atoms with Crippen molar-refractivity contribution >= 4 is 0 Å². The van der Waals surface area contributed by atoms with Gasteiger partial charge in [0.25, 0.3) is 0 Å². The number of nitrogens with zero attached hydrogens (tertiary/aromatic N) is 1. The number of aliphatic hydroxyl groups is 1. The Kier molecular flexibility index (Phi) is 5.97. The summed E-state index contributed by atoms with van der Waals surface area (Å²) in [6, 6.07) is 0.466. The summed E-state index contributed by atoms with van der Waals surface area (Å²) in [5, 5.41) is 10.3. The number of aliphatic hydroxyl groups excluding tert-OH is 1. The first-order chi connectivity index (χ1) is 8.81. The summed E-state index contributed by atoms with van der Waals surface area (Å²) in [6.07, 6.45) is 12.9. The summed E-state index contributed by atoms with van der Waals surface area (Å²) >= 11 is 0. The van der Waals surface area contributed by atoms with Crippen LogP contribution < -0.4 is 0 Å². The summed E-state index contributed by atoms with van der Waals surface area (Å²) in [5.74, 6) is 0.947. The number of hydrogen-bond acceptors (Lipinski definition) is 2. The standard InChI is InChI=1S/C16H31NO/c1-2-7-14-8-6-12-17(13-11-14)15-9-4-3-5-10-16(15)18/h14-16,18H,2-13H2,1H3. The van der Waals surface area contributed by atoms with Crippen molar-refractivity contribution in [1.82, 2.24) is 4.90 Å². The fourth-order valence-electron chi connectivity index (χ4n) is 3.91. The fraction of sp³-hybridized carbons (Fsp3) is 1.00. The van der Waals surface area contributed by atoms with Crippen LogP contribution in [0.5, 0.6) is 0 Å². The molecule has 18 heavy (non-hydrogen) atoms. The van der Waals surface area contributed by atoms with E-state index in [2.05, 4.69) is 11.8 Å². The zero-order chi connectivity index (χ0) is 12.8.